The van der Waals surface area contributed by atoms with Gasteiger partial charge in [-0.3, -0.25) is 0 Å². The predicted molar refractivity (Wildman–Crippen MR) is 103 cm³/mol. The number of amides is 1. The number of aromatic nitrogens is 1. The molecule has 0 saturated carbocycles. The van der Waals surface area contributed by atoms with Crippen LogP contribution in [0.25, 0.3) is 0 Å². The molecule has 0 unspecified atom stereocenters. The second kappa shape index (κ2) is 9.01. The normalized spacial score (nSPS) is 17.7. The third kappa shape index (κ3) is 6.46. The summed E-state index contributed by atoms with van der Waals surface area (Å²) in [7, 11) is 0. The second-order valence-electron chi connectivity index (χ2n) is 7.72. The number of ether oxygens (including phenoxy) is 2. The highest BCUT2D eigenvalue weighted by atomic mass is 79.9. The number of aliphatic carboxylic acids is 1. The highest BCUT2D eigenvalue weighted by molar-refractivity contribution is 9.10. The van der Waals surface area contributed by atoms with Gasteiger partial charge in [-0.1, -0.05) is 6.07 Å². The number of carboxylic acid groups (broad SMARTS) is 1. The van der Waals surface area contributed by atoms with Gasteiger partial charge in [-0.2, -0.15) is 0 Å². The van der Waals surface area contributed by atoms with Crippen LogP contribution in [0, 0.1) is 0 Å². The quantitative estimate of drug-likeness (QED) is 0.709. The summed E-state index contributed by atoms with van der Waals surface area (Å²) in [4.78, 5) is 29.4. The summed E-state index contributed by atoms with van der Waals surface area (Å²) in [6.45, 7) is 6.25. The number of carbonyl (C=O) groups is 2. The fourth-order valence-corrected chi connectivity index (χ4v) is 3.45. The molecule has 1 aliphatic rings. The predicted octanol–water partition coefficient (Wildman–Crippen LogP) is 3.95. The number of carboxylic acids is 1. The van der Waals surface area contributed by atoms with E-state index < -0.39 is 17.2 Å². The Labute approximate surface area is 168 Å². The highest BCUT2D eigenvalue weighted by Crippen LogP contribution is 2.37. The van der Waals surface area contributed by atoms with Gasteiger partial charge in [0.05, 0.1) is 5.60 Å². The van der Waals surface area contributed by atoms with E-state index in [0.29, 0.717) is 43.4 Å². The van der Waals surface area contributed by atoms with E-state index in [4.69, 9.17) is 14.6 Å². The Morgan fingerprint density at radius 2 is 1.89 bits per heavy atom. The number of nitrogens with zero attached hydrogens (tertiary/aromatic N) is 2. The molecule has 0 aromatic carbocycles. The standard InChI is InChI=1S/C19H27BrN2O5/c1-18(2,3)27-17(25)22-10-4-8-19(9-5-11-22,26-13-16(23)24)14-6-7-15(20)21-12-14/h6-7,12H,4-5,8-11,13H2,1-3H3,(H,23,24). The van der Waals surface area contributed by atoms with Crippen LogP contribution >= 0.6 is 15.9 Å². The van der Waals surface area contributed by atoms with Gasteiger partial charge in [0.15, 0.2) is 0 Å². The molecule has 1 aliphatic heterocycles. The van der Waals surface area contributed by atoms with Gasteiger partial charge in [0.25, 0.3) is 0 Å². The Bertz CT molecular complexity index is 647. The second-order valence-corrected chi connectivity index (χ2v) is 8.53. The van der Waals surface area contributed by atoms with Crippen molar-refractivity contribution >= 4 is 28.0 Å². The molecule has 0 spiro atoms. The molecule has 27 heavy (non-hydrogen) atoms. The van der Waals surface area contributed by atoms with Crippen LogP contribution in [0.1, 0.15) is 52.0 Å². The van der Waals surface area contributed by atoms with E-state index >= 15 is 0 Å². The summed E-state index contributed by atoms with van der Waals surface area (Å²) in [5.41, 5.74) is -0.388. The molecule has 0 bridgehead atoms. The first-order valence-corrected chi connectivity index (χ1v) is 9.86. The smallest absolute Gasteiger partial charge is 0.410 e. The van der Waals surface area contributed by atoms with Crippen LogP contribution in [-0.2, 0) is 19.9 Å². The molecule has 8 heteroatoms. The number of likely N-dealkylation sites (tertiary alicyclic amines) is 1. The Morgan fingerprint density at radius 1 is 1.26 bits per heavy atom. The lowest BCUT2D eigenvalue weighted by atomic mass is 9.84. The number of halogens is 1. The molecule has 7 nitrogen and oxygen atoms in total. The zero-order valence-corrected chi connectivity index (χ0v) is 17.6. The van der Waals surface area contributed by atoms with E-state index in [1.807, 2.05) is 32.9 Å². The number of hydrogen-bond donors (Lipinski definition) is 1. The minimum Gasteiger partial charge on any atom is -0.480 e. The van der Waals surface area contributed by atoms with Crippen molar-refractivity contribution in [2.45, 2.75) is 57.7 Å². The lowest BCUT2D eigenvalue weighted by Gasteiger charge is -2.38. The number of carbonyl (C=O) groups excluding carboxylic acids is 1. The maximum atomic E-state index is 12.3. The third-order valence-corrected chi connectivity index (χ3v) is 4.86. The summed E-state index contributed by atoms with van der Waals surface area (Å²) in [6, 6.07) is 3.74. The average Bonchev–Trinajstić information content (AvgIpc) is 2.53. The minimum absolute atomic E-state index is 0.313. The van der Waals surface area contributed by atoms with Crippen molar-refractivity contribution in [2.75, 3.05) is 19.7 Å². The van der Waals surface area contributed by atoms with Gasteiger partial charge in [0, 0.05) is 24.8 Å². The van der Waals surface area contributed by atoms with Gasteiger partial charge in [-0.25, -0.2) is 14.6 Å². The molecule has 1 aromatic rings. The first-order chi connectivity index (χ1) is 12.6. The molecule has 0 atom stereocenters. The lowest BCUT2D eigenvalue weighted by molar-refractivity contribution is -0.152. The molecule has 0 radical (unpaired) electrons. The first kappa shape index (κ1) is 21.6. The maximum absolute atomic E-state index is 12.3. The van der Waals surface area contributed by atoms with Crippen LogP contribution in [0.5, 0.6) is 0 Å². The van der Waals surface area contributed by atoms with Crippen molar-refractivity contribution in [3.05, 3.63) is 28.5 Å². The van der Waals surface area contributed by atoms with Crippen molar-refractivity contribution in [1.82, 2.24) is 9.88 Å². The van der Waals surface area contributed by atoms with Gasteiger partial charge < -0.3 is 19.5 Å². The maximum Gasteiger partial charge on any atom is 0.410 e. The van der Waals surface area contributed by atoms with Crippen molar-refractivity contribution in [3.63, 3.8) is 0 Å². The summed E-state index contributed by atoms with van der Waals surface area (Å²) in [6.07, 6.45) is 3.96. The Balaban J connectivity index is 2.13. The number of pyridine rings is 1. The molecule has 150 valence electrons. The van der Waals surface area contributed by atoms with Gasteiger partial charge >= 0.3 is 12.1 Å². The Kier molecular flexibility index (Phi) is 7.22. The van der Waals surface area contributed by atoms with Crippen molar-refractivity contribution < 1.29 is 24.2 Å². The van der Waals surface area contributed by atoms with Crippen molar-refractivity contribution in [2.24, 2.45) is 0 Å². The number of rotatable bonds is 4. The van der Waals surface area contributed by atoms with E-state index in [1.54, 1.807) is 11.1 Å². The monoisotopic (exact) mass is 442 g/mol. The van der Waals surface area contributed by atoms with Crippen LogP contribution in [0.4, 0.5) is 4.79 Å². The van der Waals surface area contributed by atoms with E-state index in [1.165, 1.54) is 0 Å². The van der Waals surface area contributed by atoms with E-state index in [2.05, 4.69) is 20.9 Å². The average molecular weight is 443 g/mol. The summed E-state index contributed by atoms with van der Waals surface area (Å²) < 4.78 is 12.1. The Hall–Kier alpha value is -1.67. The minimum atomic E-state index is -1.00. The SMILES string of the molecule is CC(C)(C)OC(=O)N1CCCC(OCC(=O)O)(c2ccc(Br)nc2)CCC1. The lowest BCUT2D eigenvalue weighted by Crippen LogP contribution is -2.42. The van der Waals surface area contributed by atoms with Crippen LogP contribution in [0.15, 0.2) is 22.9 Å². The van der Waals surface area contributed by atoms with E-state index in [9.17, 15) is 9.59 Å². The highest BCUT2D eigenvalue weighted by Gasteiger charge is 2.36. The van der Waals surface area contributed by atoms with Crippen LogP contribution in [-0.4, -0.2) is 52.4 Å². The molecular weight excluding hydrogens is 416 g/mol. The summed E-state index contributed by atoms with van der Waals surface area (Å²) in [5.74, 6) is -1.00. The molecule has 2 heterocycles. The van der Waals surface area contributed by atoms with Crippen molar-refractivity contribution in [3.8, 4) is 0 Å². The Morgan fingerprint density at radius 3 is 2.37 bits per heavy atom. The number of hydrogen-bond acceptors (Lipinski definition) is 5. The fourth-order valence-electron chi connectivity index (χ4n) is 3.22. The third-order valence-electron chi connectivity index (χ3n) is 4.39. The van der Waals surface area contributed by atoms with Gasteiger partial charge in [-0.05, 0) is 68.5 Å². The summed E-state index contributed by atoms with van der Waals surface area (Å²) in [5, 5.41) is 9.08. The molecule has 1 N–H and O–H groups in total. The largest absolute Gasteiger partial charge is 0.480 e. The van der Waals surface area contributed by atoms with Gasteiger partial charge in [0.2, 0.25) is 0 Å². The van der Waals surface area contributed by atoms with E-state index in [0.717, 1.165) is 5.56 Å². The topological polar surface area (TPSA) is 89.0 Å². The van der Waals surface area contributed by atoms with Crippen LogP contribution < -0.4 is 0 Å². The van der Waals surface area contributed by atoms with E-state index in [-0.39, 0.29) is 12.7 Å². The molecular formula is C19H27BrN2O5. The summed E-state index contributed by atoms with van der Waals surface area (Å²) >= 11 is 3.32. The fraction of sp³-hybridized carbons (Fsp3) is 0.632. The van der Waals surface area contributed by atoms with Crippen LogP contribution in [0.3, 0.4) is 0 Å². The molecule has 1 saturated heterocycles. The zero-order valence-electron chi connectivity index (χ0n) is 16.0. The van der Waals surface area contributed by atoms with Gasteiger partial charge in [-0.15, -0.1) is 0 Å². The molecule has 1 aromatic heterocycles. The van der Waals surface area contributed by atoms with Crippen molar-refractivity contribution in [1.29, 1.82) is 0 Å². The zero-order chi connectivity index (χ0) is 20.1. The molecule has 1 amide bonds. The molecule has 2 rings (SSSR count). The molecule has 1 fully saturated rings. The first-order valence-electron chi connectivity index (χ1n) is 9.07. The van der Waals surface area contributed by atoms with Gasteiger partial charge in [0.1, 0.15) is 16.8 Å². The van der Waals surface area contributed by atoms with Crippen LogP contribution in [0.2, 0.25) is 0 Å². The molecule has 0 aliphatic carbocycles.